The van der Waals surface area contributed by atoms with Gasteiger partial charge in [-0.3, -0.25) is 4.79 Å². The second kappa shape index (κ2) is 11.1. The summed E-state index contributed by atoms with van der Waals surface area (Å²) in [5.41, 5.74) is -1.19. The average Bonchev–Trinajstić information content (AvgIpc) is 3.24. The molecule has 0 unspecified atom stereocenters. The van der Waals surface area contributed by atoms with Crippen molar-refractivity contribution in [2.45, 2.75) is 71.1 Å². The van der Waals surface area contributed by atoms with Crippen molar-refractivity contribution in [3.05, 3.63) is 35.1 Å². The number of hydrogen-bond acceptors (Lipinski definition) is 6. The van der Waals surface area contributed by atoms with Gasteiger partial charge >= 0.3 is 12.7 Å². The number of nitrogens with one attached hydrogen (secondary N) is 1. The Balaban J connectivity index is 2.00. The maximum Gasteiger partial charge on any atom is 0.410 e. The first-order valence-electron chi connectivity index (χ1n) is 11.9. The SMILES string of the molecule is COc1cnn(C2(C(=O)Nc3ccc(Cl)cc3OC(F)F)CCN(C(=O)OC(C)(C)C)CC2)c1C(C)C. The fourth-order valence-corrected chi connectivity index (χ4v) is 4.48. The van der Waals surface area contributed by atoms with Crippen LogP contribution in [0.2, 0.25) is 5.02 Å². The molecule has 1 saturated heterocycles. The quantitative estimate of drug-likeness (QED) is 0.487. The van der Waals surface area contributed by atoms with E-state index in [4.69, 9.17) is 21.1 Å². The molecule has 1 aliphatic rings. The van der Waals surface area contributed by atoms with Crippen LogP contribution < -0.4 is 14.8 Å². The Hall–Kier alpha value is -3.08. The van der Waals surface area contributed by atoms with Crippen LogP contribution in [-0.2, 0) is 15.1 Å². The summed E-state index contributed by atoms with van der Waals surface area (Å²) in [7, 11) is 1.52. The van der Waals surface area contributed by atoms with Gasteiger partial charge in [-0.1, -0.05) is 25.4 Å². The van der Waals surface area contributed by atoms with Gasteiger partial charge in [0.05, 0.1) is 24.7 Å². The summed E-state index contributed by atoms with van der Waals surface area (Å²) in [5, 5.41) is 7.41. The van der Waals surface area contributed by atoms with Crippen LogP contribution in [0.25, 0.3) is 0 Å². The topological polar surface area (TPSA) is 94.9 Å². The van der Waals surface area contributed by atoms with Gasteiger partial charge in [0.1, 0.15) is 11.1 Å². The Morgan fingerprint density at radius 3 is 2.35 bits per heavy atom. The van der Waals surface area contributed by atoms with E-state index in [1.165, 1.54) is 31.5 Å². The average molecular weight is 543 g/mol. The van der Waals surface area contributed by atoms with Crippen molar-refractivity contribution in [1.82, 2.24) is 14.7 Å². The van der Waals surface area contributed by atoms with Crippen molar-refractivity contribution >= 4 is 29.3 Å². The molecule has 1 aromatic heterocycles. The van der Waals surface area contributed by atoms with Gasteiger partial charge in [-0.25, -0.2) is 9.48 Å². The van der Waals surface area contributed by atoms with Gasteiger partial charge in [-0.15, -0.1) is 0 Å². The van der Waals surface area contributed by atoms with E-state index in [2.05, 4.69) is 15.2 Å². The molecule has 1 aliphatic heterocycles. The van der Waals surface area contributed by atoms with E-state index >= 15 is 0 Å². The number of carbonyl (C=O) groups is 2. The lowest BCUT2D eigenvalue weighted by Crippen LogP contribution is -2.55. The third-order valence-electron chi connectivity index (χ3n) is 6.02. The van der Waals surface area contributed by atoms with Gasteiger partial charge in [0.15, 0.2) is 11.5 Å². The van der Waals surface area contributed by atoms with Crippen molar-refractivity contribution in [1.29, 1.82) is 0 Å². The molecule has 0 bridgehead atoms. The van der Waals surface area contributed by atoms with Crippen LogP contribution in [0, 0.1) is 0 Å². The number of rotatable bonds is 7. The second-order valence-corrected chi connectivity index (χ2v) is 10.6. The normalized spacial score (nSPS) is 15.6. The lowest BCUT2D eigenvalue weighted by Gasteiger charge is -2.42. The highest BCUT2D eigenvalue weighted by molar-refractivity contribution is 6.30. The molecule has 0 atom stereocenters. The van der Waals surface area contributed by atoms with Crippen molar-refractivity contribution < 1.29 is 32.6 Å². The van der Waals surface area contributed by atoms with Crippen LogP contribution in [0.4, 0.5) is 19.3 Å². The molecule has 2 heterocycles. The first-order valence-corrected chi connectivity index (χ1v) is 12.3. The summed E-state index contributed by atoms with van der Waals surface area (Å²) in [6.45, 7) is 6.56. The van der Waals surface area contributed by atoms with Crippen LogP contribution in [0.1, 0.15) is 59.1 Å². The van der Waals surface area contributed by atoms with Gasteiger partial charge in [0.2, 0.25) is 0 Å². The number of likely N-dealkylation sites (tertiary alicyclic amines) is 1. The number of hydrogen-bond donors (Lipinski definition) is 1. The van der Waals surface area contributed by atoms with Gasteiger partial charge < -0.3 is 24.4 Å². The van der Waals surface area contributed by atoms with Crippen molar-refractivity contribution in [2.75, 3.05) is 25.5 Å². The molecule has 204 valence electrons. The fourth-order valence-electron chi connectivity index (χ4n) is 4.32. The van der Waals surface area contributed by atoms with Crippen molar-refractivity contribution in [3.63, 3.8) is 0 Å². The Kier molecular flexibility index (Phi) is 8.56. The molecule has 0 aliphatic carbocycles. The van der Waals surface area contributed by atoms with E-state index in [9.17, 15) is 18.4 Å². The van der Waals surface area contributed by atoms with E-state index in [0.717, 1.165) is 0 Å². The molecule has 37 heavy (non-hydrogen) atoms. The monoisotopic (exact) mass is 542 g/mol. The maximum absolute atomic E-state index is 14.0. The zero-order chi connectivity index (χ0) is 27.5. The number of methoxy groups -OCH3 is 1. The summed E-state index contributed by atoms with van der Waals surface area (Å²) in [4.78, 5) is 28.2. The minimum absolute atomic E-state index is 0.0360. The first kappa shape index (κ1) is 28.5. The lowest BCUT2D eigenvalue weighted by atomic mass is 9.85. The lowest BCUT2D eigenvalue weighted by molar-refractivity contribution is -0.128. The second-order valence-electron chi connectivity index (χ2n) is 10.1. The zero-order valence-corrected chi connectivity index (χ0v) is 22.6. The third kappa shape index (κ3) is 6.44. The first-order chi connectivity index (χ1) is 17.3. The molecule has 1 aromatic carbocycles. The predicted molar refractivity (Wildman–Crippen MR) is 135 cm³/mol. The van der Waals surface area contributed by atoms with E-state index in [1.54, 1.807) is 30.4 Å². The number of anilines is 1. The van der Waals surface area contributed by atoms with Crippen LogP contribution in [-0.4, -0.2) is 59.1 Å². The van der Waals surface area contributed by atoms with E-state index in [1.807, 2.05) is 13.8 Å². The molecule has 9 nitrogen and oxygen atoms in total. The zero-order valence-electron chi connectivity index (χ0n) is 21.8. The van der Waals surface area contributed by atoms with Gasteiger partial charge in [0, 0.05) is 24.2 Å². The molecular weight excluding hydrogens is 510 g/mol. The number of alkyl halides is 2. The van der Waals surface area contributed by atoms with Crippen LogP contribution >= 0.6 is 11.6 Å². The standard InChI is InChI=1S/C25H33ClF2N4O5/c1-15(2)20-19(35-6)14-29-32(20)25(9-11-31(12-10-25)23(34)37-24(3,4)5)21(33)30-17-8-7-16(26)13-18(17)36-22(27)28/h7-8,13-15,22H,9-12H2,1-6H3,(H,30,33). The number of piperidine rings is 1. The molecule has 1 N–H and O–H groups in total. The van der Waals surface area contributed by atoms with Gasteiger partial charge in [0.25, 0.3) is 5.91 Å². The maximum atomic E-state index is 14.0. The highest BCUT2D eigenvalue weighted by atomic mass is 35.5. The molecule has 1 fully saturated rings. The van der Waals surface area contributed by atoms with Crippen molar-refractivity contribution in [3.8, 4) is 11.5 Å². The largest absolute Gasteiger partial charge is 0.493 e. The highest BCUT2D eigenvalue weighted by Crippen LogP contribution is 2.39. The number of halogens is 3. The molecule has 12 heteroatoms. The Bertz CT molecular complexity index is 1120. The Morgan fingerprint density at radius 1 is 1.16 bits per heavy atom. The van der Waals surface area contributed by atoms with Gasteiger partial charge in [-0.05, 0) is 51.7 Å². The summed E-state index contributed by atoms with van der Waals surface area (Å²) in [5.74, 6) is -0.297. The summed E-state index contributed by atoms with van der Waals surface area (Å²) in [6, 6.07) is 4.07. The summed E-state index contributed by atoms with van der Waals surface area (Å²) < 4.78 is 43.3. The molecule has 0 radical (unpaired) electrons. The summed E-state index contributed by atoms with van der Waals surface area (Å²) in [6.07, 6.45) is 1.45. The number of carbonyl (C=O) groups excluding carboxylic acids is 2. The molecule has 0 spiro atoms. The van der Waals surface area contributed by atoms with Crippen LogP contribution in [0.15, 0.2) is 24.4 Å². The number of ether oxygens (including phenoxy) is 3. The third-order valence-corrected chi connectivity index (χ3v) is 6.25. The smallest absolute Gasteiger partial charge is 0.410 e. The van der Waals surface area contributed by atoms with E-state index in [-0.39, 0.29) is 48.3 Å². The van der Waals surface area contributed by atoms with Crippen LogP contribution in [0.5, 0.6) is 11.5 Å². The summed E-state index contributed by atoms with van der Waals surface area (Å²) >= 11 is 5.96. The number of amides is 2. The molecule has 3 rings (SSSR count). The minimum atomic E-state index is -3.11. The number of nitrogens with zero attached hydrogens (tertiary/aromatic N) is 3. The number of aromatic nitrogens is 2. The van der Waals surface area contributed by atoms with Gasteiger partial charge in [-0.2, -0.15) is 13.9 Å². The highest BCUT2D eigenvalue weighted by Gasteiger charge is 2.47. The van der Waals surface area contributed by atoms with E-state index < -0.39 is 29.8 Å². The molecular formula is C25H33ClF2N4O5. The fraction of sp³-hybridized carbons (Fsp3) is 0.560. The predicted octanol–water partition coefficient (Wildman–Crippen LogP) is 5.63. The Labute approximate surface area is 220 Å². The molecule has 2 amide bonds. The van der Waals surface area contributed by atoms with Crippen LogP contribution in [0.3, 0.4) is 0 Å². The number of benzene rings is 1. The molecule has 2 aromatic rings. The Morgan fingerprint density at radius 2 is 1.81 bits per heavy atom. The van der Waals surface area contributed by atoms with E-state index in [0.29, 0.717) is 11.4 Å². The molecule has 0 saturated carbocycles. The minimum Gasteiger partial charge on any atom is -0.493 e. The van der Waals surface area contributed by atoms with Crippen molar-refractivity contribution in [2.24, 2.45) is 0 Å².